The van der Waals surface area contributed by atoms with Crippen LogP contribution in [0, 0.1) is 0 Å². The fourth-order valence-corrected chi connectivity index (χ4v) is 2.37. The lowest BCUT2D eigenvalue weighted by molar-refractivity contribution is 0.0518. The largest absolute Gasteiger partial charge is 0.388 e. The van der Waals surface area contributed by atoms with Gasteiger partial charge in [-0.1, -0.05) is 13.0 Å². The van der Waals surface area contributed by atoms with E-state index < -0.39 is 5.60 Å². The van der Waals surface area contributed by atoms with E-state index in [1.165, 1.54) is 24.0 Å². The summed E-state index contributed by atoms with van der Waals surface area (Å²) in [4.78, 5) is 12.1. The molecule has 0 aliphatic heterocycles. The highest BCUT2D eigenvalue weighted by molar-refractivity contribution is 5.94. The average Bonchev–Trinajstić information content (AvgIpc) is 2.44. The smallest absolute Gasteiger partial charge is 0.251 e. The number of amides is 1. The molecule has 1 amide bonds. The Kier molecular flexibility index (Phi) is 4.25. The zero-order chi connectivity index (χ0) is 13.9. The Labute approximate surface area is 115 Å². The van der Waals surface area contributed by atoms with Crippen LogP contribution in [0.5, 0.6) is 0 Å². The number of carbonyl (C=O) groups is 1. The van der Waals surface area contributed by atoms with E-state index in [1.54, 1.807) is 6.92 Å². The SMILES string of the molecule is CCC(C)(O)CNC(=O)c1ccc2c(c1)CCCC2. The molecule has 0 saturated heterocycles. The first-order valence-corrected chi connectivity index (χ1v) is 7.14. The van der Waals surface area contributed by atoms with Gasteiger partial charge >= 0.3 is 0 Å². The Hall–Kier alpha value is -1.35. The molecule has 0 heterocycles. The van der Waals surface area contributed by atoms with Gasteiger partial charge in [-0.15, -0.1) is 0 Å². The molecule has 0 fully saturated rings. The molecule has 0 bridgehead atoms. The van der Waals surface area contributed by atoms with Crippen LogP contribution in [0.3, 0.4) is 0 Å². The zero-order valence-electron chi connectivity index (χ0n) is 11.8. The number of hydrogen-bond acceptors (Lipinski definition) is 2. The Morgan fingerprint density at radius 3 is 2.68 bits per heavy atom. The third-order valence-corrected chi connectivity index (χ3v) is 4.00. The van der Waals surface area contributed by atoms with Gasteiger partial charge in [-0.05, 0) is 62.3 Å². The second-order valence-corrected chi connectivity index (χ2v) is 5.72. The Morgan fingerprint density at radius 2 is 2.00 bits per heavy atom. The first kappa shape index (κ1) is 14.1. The van der Waals surface area contributed by atoms with Crippen molar-refractivity contribution in [1.82, 2.24) is 5.32 Å². The molecule has 1 unspecified atom stereocenters. The third-order valence-electron chi connectivity index (χ3n) is 4.00. The van der Waals surface area contributed by atoms with Gasteiger partial charge in [0.2, 0.25) is 0 Å². The summed E-state index contributed by atoms with van der Waals surface area (Å²) in [5.41, 5.74) is 2.56. The lowest BCUT2D eigenvalue weighted by atomic mass is 9.90. The quantitative estimate of drug-likeness (QED) is 0.874. The lowest BCUT2D eigenvalue weighted by Crippen LogP contribution is -2.40. The van der Waals surface area contributed by atoms with Gasteiger partial charge in [-0.2, -0.15) is 0 Å². The van der Waals surface area contributed by atoms with E-state index >= 15 is 0 Å². The summed E-state index contributed by atoms with van der Waals surface area (Å²) in [5, 5.41) is 12.7. The van der Waals surface area contributed by atoms with E-state index in [2.05, 4.69) is 11.4 Å². The van der Waals surface area contributed by atoms with Crippen LogP contribution in [0.15, 0.2) is 18.2 Å². The predicted octanol–water partition coefficient (Wildman–Crippen LogP) is 2.46. The lowest BCUT2D eigenvalue weighted by Gasteiger charge is -2.22. The number of aryl methyl sites for hydroxylation is 2. The number of hydrogen-bond donors (Lipinski definition) is 2. The second kappa shape index (κ2) is 5.74. The van der Waals surface area contributed by atoms with Crippen molar-refractivity contribution < 1.29 is 9.90 Å². The number of carbonyl (C=O) groups excluding carboxylic acids is 1. The Bertz CT molecular complexity index is 466. The van der Waals surface area contributed by atoms with Crippen molar-refractivity contribution in [3.63, 3.8) is 0 Å². The number of nitrogens with one attached hydrogen (secondary N) is 1. The molecule has 0 radical (unpaired) electrons. The van der Waals surface area contributed by atoms with E-state index in [9.17, 15) is 9.90 Å². The number of fused-ring (bicyclic) bond motifs is 1. The number of benzene rings is 1. The molecule has 1 aromatic rings. The summed E-state index contributed by atoms with van der Waals surface area (Å²) in [6.07, 6.45) is 5.28. The summed E-state index contributed by atoms with van der Waals surface area (Å²) >= 11 is 0. The van der Waals surface area contributed by atoms with Crippen molar-refractivity contribution in [1.29, 1.82) is 0 Å². The summed E-state index contributed by atoms with van der Waals surface area (Å²) in [5.74, 6) is -0.0953. The van der Waals surface area contributed by atoms with Crippen molar-refractivity contribution in [2.24, 2.45) is 0 Å². The van der Waals surface area contributed by atoms with Crippen LogP contribution < -0.4 is 5.32 Å². The first-order chi connectivity index (χ1) is 9.02. The fourth-order valence-electron chi connectivity index (χ4n) is 2.37. The highest BCUT2D eigenvalue weighted by atomic mass is 16.3. The van der Waals surface area contributed by atoms with E-state index in [-0.39, 0.29) is 5.91 Å². The minimum Gasteiger partial charge on any atom is -0.388 e. The zero-order valence-corrected chi connectivity index (χ0v) is 11.8. The first-order valence-electron chi connectivity index (χ1n) is 7.14. The maximum absolute atomic E-state index is 12.1. The molecule has 0 spiro atoms. The normalized spacial score (nSPS) is 17.4. The Balaban J connectivity index is 2.03. The molecule has 1 aliphatic carbocycles. The molecule has 0 aromatic heterocycles. The summed E-state index contributed by atoms with van der Waals surface area (Å²) in [7, 11) is 0. The van der Waals surface area contributed by atoms with Gasteiger partial charge in [0.05, 0.1) is 5.60 Å². The molecule has 1 aromatic carbocycles. The van der Waals surface area contributed by atoms with Gasteiger partial charge in [0.1, 0.15) is 0 Å². The van der Waals surface area contributed by atoms with Crippen LogP contribution in [0.25, 0.3) is 0 Å². The van der Waals surface area contributed by atoms with Gasteiger partial charge in [0, 0.05) is 12.1 Å². The van der Waals surface area contributed by atoms with Gasteiger partial charge in [0.25, 0.3) is 5.91 Å². The molecule has 3 heteroatoms. The summed E-state index contributed by atoms with van der Waals surface area (Å²) < 4.78 is 0. The summed E-state index contributed by atoms with van der Waals surface area (Å²) in [6.45, 7) is 3.94. The molecule has 2 rings (SSSR count). The van der Waals surface area contributed by atoms with Crippen LogP contribution in [-0.2, 0) is 12.8 Å². The monoisotopic (exact) mass is 261 g/mol. The number of rotatable bonds is 4. The van der Waals surface area contributed by atoms with E-state index in [4.69, 9.17) is 0 Å². The van der Waals surface area contributed by atoms with Gasteiger partial charge < -0.3 is 10.4 Å². The van der Waals surface area contributed by atoms with E-state index in [1.807, 2.05) is 19.1 Å². The second-order valence-electron chi connectivity index (χ2n) is 5.72. The fraction of sp³-hybridized carbons (Fsp3) is 0.562. The molecular weight excluding hydrogens is 238 g/mol. The standard InChI is InChI=1S/C16H23NO2/c1-3-16(2,19)11-17-15(18)14-9-8-12-6-4-5-7-13(12)10-14/h8-10,19H,3-7,11H2,1-2H3,(H,17,18). The van der Waals surface area contributed by atoms with E-state index in [0.717, 1.165) is 12.8 Å². The van der Waals surface area contributed by atoms with Crippen molar-refractivity contribution in [3.05, 3.63) is 34.9 Å². The summed E-state index contributed by atoms with van der Waals surface area (Å²) in [6, 6.07) is 5.96. The maximum Gasteiger partial charge on any atom is 0.251 e. The topological polar surface area (TPSA) is 49.3 Å². The highest BCUT2D eigenvalue weighted by Crippen LogP contribution is 2.22. The molecule has 3 nitrogen and oxygen atoms in total. The number of aliphatic hydroxyl groups is 1. The molecule has 0 saturated carbocycles. The van der Waals surface area contributed by atoms with Crippen LogP contribution >= 0.6 is 0 Å². The van der Waals surface area contributed by atoms with Crippen LogP contribution in [0.2, 0.25) is 0 Å². The van der Waals surface area contributed by atoms with Crippen molar-refractivity contribution in [2.75, 3.05) is 6.54 Å². The van der Waals surface area contributed by atoms with Crippen LogP contribution in [0.4, 0.5) is 0 Å². The molecule has 2 N–H and O–H groups in total. The molecule has 19 heavy (non-hydrogen) atoms. The minimum absolute atomic E-state index is 0.0953. The van der Waals surface area contributed by atoms with Crippen LogP contribution in [-0.4, -0.2) is 23.2 Å². The maximum atomic E-state index is 12.1. The molecular formula is C16H23NO2. The molecule has 104 valence electrons. The van der Waals surface area contributed by atoms with Crippen LogP contribution in [0.1, 0.15) is 54.6 Å². The average molecular weight is 261 g/mol. The molecule has 1 aliphatic rings. The van der Waals surface area contributed by atoms with Crippen molar-refractivity contribution >= 4 is 5.91 Å². The van der Waals surface area contributed by atoms with Gasteiger partial charge in [-0.3, -0.25) is 4.79 Å². The highest BCUT2D eigenvalue weighted by Gasteiger charge is 2.19. The Morgan fingerprint density at radius 1 is 1.32 bits per heavy atom. The van der Waals surface area contributed by atoms with Gasteiger partial charge in [-0.25, -0.2) is 0 Å². The van der Waals surface area contributed by atoms with Gasteiger partial charge in [0.15, 0.2) is 0 Å². The van der Waals surface area contributed by atoms with Crippen molar-refractivity contribution in [2.45, 2.75) is 51.6 Å². The predicted molar refractivity (Wildman–Crippen MR) is 76.3 cm³/mol. The van der Waals surface area contributed by atoms with E-state index in [0.29, 0.717) is 18.5 Å². The molecule has 1 atom stereocenters. The van der Waals surface area contributed by atoms with Crippen molar-refractivity contribution in [3.8, 4) is 0 Å². The minimum atomic E-state index is -0.829. The third kappa shape index (κ3) is 3.57.